The van der Waals surface area contributed by atoms with Gasteiger partial charge in [-0.25, -0.2) is 0 Å². The van der Waals surface area contributed by atoms with Crippen LogP contribution in [0, 0.1) is 0 Å². The Morgan fingerprint density at radius 3 is 2.39 bits per heavy atom. The minimum absolute atomic E-state index is 0.212. The molecule has 0 aromatic heterocycles. The molecule has 0 aliphatic rings. The van der Waals surface area contributed by atoms with Crippen LogP contribution in [0.2, 0.25) is 0 Å². The van der Waals surface area contributed by atoms with Gasteiger partial charge in [0.25, 0.3) is 0 Å². The van der Waals surface area contributed by atoms with Crippen molar-refractivity contribution < 1.29 is 23.8 Å². The molecule has 2 aromatic carbocycles. The van der Waals surface area contributed by atoms with Gasteiger partial charge in [0.2, 0.25) is 0 Å². The quantitative estimate of drug-likeness (QED) is 0.767. The summed E-state index contributed by atoms with van der Waals surface area (Å²) in [7, 11) is 2.74. The predicted molar refractivity (Wildman–Crippen MR) is 86.5 cm³/mol. The van der Waals surface area contributed by atoms with Crippen molar-refractivity contribution in [2.75, 3.05) is 20.8 Å². The van der Waals surface area contributed by atoms with Crippen molar-refractivity contribution in [3.63, 3.8) is 0 Å². The van der Waals surface area contributed by atoms with E-state index >= 15 is 0 Å². The van der Waals surface area contributed by atoms with Gasteiger partial charge in [-0.1, -0.05) is 24.3 Å². The van der Waals surface area contributed by atoms with Gasteiger partial charge in [-0.15, -0.1) is 0 Å². The first-order valence-electron chi connectivity index (χ1n) is 7.36. The maximum Gasteiger partial charge on any atom is 0.312 e. The Kier molecular flexibility index (Phi) is 5.57. The Hall–Kier alpha value is -2.56. The Balaban J connectivity index is 2.12. The number of hydrogen-bond acceptors (Lipinski definition) is 5. The molecule has 0 saturated heterocycles. The topological polar surface area (TPSA) is 61.8 Å². The molecule has 0 N–H and O–H groups in total. The molecule has 0 bridgehead atoms. The molecule has 0 amide bonds. The van der Waals surface area contributed by atoms with Crippen LogP contribution in [-0.4, -0.2) is 32.8 Å². The van der Waals surface area contributed by atoms with E-state index in [2.05, 4.69) is 4.74 Å². The summed E-state index contributed by atoms with van der Waals surface area (Å²) in [6.07, 6.45) is 0.212. The van der Waals surface area contributed by atoms with Crippen LogP contribution in [0.25, 0.3) is 10.8 Å². The van der Waals surface area contributed by atoms with E-state index in [-0.39, 0.29) is 30.9 Å². The zero-order valence-electron chi connectivity index (χ0n) is 13.5. The van der Waals surface area contributed by atoms with E-state index in [0.717, 1.165) is 16.3 Å². The van der Waals surface area contributed by atoms with E-state index in [1.165, 1.54) is 14.2 Å². The largest absolute Gasteiger partial charge is 0.493 e. The van der Waals surface area contributed by atoms with Gasteiger partial charge in [0.05, 0.1) is 33.2 Å². The maximum atomic E-state index is 11.6. The Morgan fingerprint density at radius 2 is 1.70 bits per heavy atom. The first kappa shape index (κ1) is 16.8. The fraction of sp³-hybridized carbons (Fsp3) is 0.333. The first-order valence-corrected chi connectivity index (χ1v) is 7.36. The van der Waals surface area contributed by atoms with Gasteiger partial charge in [0.15, 0.2) is 0 Å². The number of carbonyl (C=O) groups excluding carboxylic acids is 2. The molecule has 0 fully saturated rings. The van der Waals surface area contributed by atoms with Crippen LogP contribution in [0.3, 0.4) is 0 Å². The molecule has 0 aliphatic heterocycles. The second kappa shape index (κ2) is 7.63. The third kappa shape index (κ3) is 4.22. The third-order valence-corrected chi connectivity index (χ3v) is 3.69. The van der Waals surface area contributed by atoms with Crippen LogP contribution in [0.4, 0.5) is 0 Å². The highest BCUT2D eigenvalue weighted by Crippen LogP contribution is 2.25. The molecule has 5 nitrogen and oxygen atoms in total. The Bertz CT molecular complexity index is 708. The number of hydrogen-bond donors (Lipinski definition) is 0. The van der Waals surface area contributed by atoms with E-state index in [0.29, 0.717) is 5.75 Å². The molecule has 1 atom stereocenters. The van der Waals surface area contributed by atoms with Crippen molar-refractivity contribution >= 4 is 22.7 Å². The van der Waals surface area contributed by atoms with Crippen LogP contribution in [0.1, 0.15) is 24.8 Å². The summed E-state index contributed by atoms with van der Waals surface area (Å²) in [5, 5.41) is 2.01. The number of methoxy groups -OCH3 is 2. The van der Waals surface area contributed by atoms with Crippen LogP contribution in [0.5, 0.6) is 5.75 Å². The fourth-order valence-corrected chi connectivity index (χ4v) is 2.27. The lowest BCUT2D eigenvalue weighted by molar-refractivity contribution is -0.142. The van der Waals surface area contributed by atoms with Crippen molar-refractivity contribution in [1.82, 2.24) is 0 Å². The lowest BCUT2D eigenvalue weighted by Crippen LogP contribution is -2.10. The summed E-state index contributed by atoms with van der Waals surface area (Å²) in [6.45, 7) is 2.09. The maximum absolute atomic E-state index is 11.6. The SMILES string of the molecule is COC(=O)CCOc1ccc2cc(C(C)C(=O)OC)ccc2c1. The van der Waals surface area contributed by atoms with Crippen LogP contribution in [-0.2, 0) is 19.1 Å². The van der Waals surface area contributed by atoms with E-state index in [1.54, 1.807) is 0 Å². The summed E-state index contributed by atoms with van der Waals surface area (Å²) in [4.78, 5) is 22.7. The fourth-order valence-electron chi connectivity index (χ4n) is 2.27. The number of fused-ring (bicyclic) bond motifs is 1. The molecular formula is C18H20O5. The highest BCUT2D eigenvalue weighted by molar-refractivity contribution is 5.86. The normalized spacial score (nSPS) is 11.8. The van der Waals surface area contributed by atoms with Crippen LogP contribution < -0.4 is 4.74 Å². The Labute approximate surface area is 135 Å². The standard InChI is InChI=1S/C18H20O5/c1-12(18(20)22-3)13-4-5-15-11-16(7-6-14(15)10-13)23-9-8-17(19)21-2/h4-7,10-12H,8-9H2,1-3H3. The van der Waals surface area contributed by atoms with E-state index in [4.69, 9.17) is 9.47 Å². The van der Waals surface area contributed by atoms with Crippen LogP contribution in [0.15, 0.2) is 36.4 Å². The lowest BCUT2D eigenvalue weighted by Gasteiger charge is -2.11. The van der Waals surface area contributed by atoms with E-state index in [1.807, 2.05) is 43.3 Å². The minimum Gasteiger partial charge on any atom is -0.493 e. The number of ether oxygens (including phenoxy) is 3. The van der Waals surface area contributed by atoms with Gasteiger partial charge in [-0.05, 0) is 35.4 Å². The molecule has 0 spiro atoms. The Morgan fingerprint density at radius 1 is 1.00 bits per heavy atom. The van der Waals surface area contributed by atoms with E-state index < -0.39 is 0 Å². The highest BCUT2D eigenvalue weighted by atomic mass is 16.5. The van der Waals surface area contributed by atoms with Crippen molar-refractivity contribution in [1.29, 1.82) is 0 Å². The van der Waals surface area contributed by atoms with Crippen LogP contribution >= 0.6 is 0 Å². The van der Waals surface area contributed by atoms with Gasteiger partial charge in [0.1, 0.15) is 5.75 Å². The summed E-state index contributed by atoms with van der Waals surface area (Å²) >= 11 is 0. The van der Waals surface area contributed by atoms with Crippen molar-refractivity contribution in [3.8, 4) is 5.75 Å². The summed E-state index contributed by atoms with van der Waals surface area (Å²) < 4.78 is 14.9. The summed E-state index contributed by atoms with van der Waals surface area (Å²) in [5.74, 6) is -0.171. The third-order valence-electron chi connectivity index (χ3n) is 3.69. The van der Waals surface area contributed by atoms with Gasteiger partial charge in [-0.3, -0.25) is 9.59 Å². The molecule has 122 valence electrons. The average molecular weight is 316 g/mol. The number of esters is 2. The molecule has 0 aliphatic carbocycles. The molecular weight excluding hydrogens is 296 g/mol. The monoisotopic (exact) mass is 316 g/mol. The van der Waals surface area contributed by atoms with Gasteiger partial charge < -0.3 is 14.2 Å². The zero-order chi connectivity index (χ0) is 16.8. The lowest BCUT2D eigenvalue weighted by atomic mass is 9.98. The molecule has 2 aromatic rings. The van der Waals surface area contributed by atoms with Gasteiger partial charge in [0, 0.05) is 0 Å². The summed E-state index contributed by atoms with van der Waals surface area (Å²) in [6, 6.07) is 11.5. The average Bonchev–Trinajstić information content (AvgIpc) is 2.59. The highest BCUT2D eigenvalue weighted by Gasteiger charge is 2.15. The van der Waals surface area contributed by atoms with Gasteiger partial charge >= 0.3 is 11.9 Å². The second-order valence-electron chi connectivity index (χ2n) is 5.19. The number of rotatable bonds is 6. The zero-order valence-corrected chi connectivity index (χ0v) is 13.5. The molecule has 0 radical (unpaired) electrons. The summed E-state index contributed by atoms with van der Waals surface area (Å²) in [5.41, 5.74) is 0.906. The predicted octanol–water partition coefficient (Wildman–Crippen LogP) is 3.06. The molecule has 0 heterocycles. The molecule has 5 heteroatoms. The second-order valence-corrected chi connectivity index (χ2v) is 5.19. The molecule has 2 rings (SSSR count). The molecule has 1 unspecified atom stereocenters. The molecule has 23 heavy (non-hydrogen) atoms. The number of benzene rings is 2. The number of carbonyl (C=O) groups is 2. The minimum atomic E-state index is -0.305. The molecule has 0 saturated carbocycles. The smallest absolute Gasteiger partial charge is 0.312 e. The van der Waals surface area contributed by atoms with Crippen molar-refractivity contribution in [2.24, 2.45) is 0 Å². The van der Waals surface area contributed by atoms with E-state index in [9.17, 15) is 9.59 Å². The van der Waals surface area contributed by atoms with Crippen molar-refractivity contribution in [3.05, 3.63) is 42.0 Å². The van der Waals surface area contributed by atoms with Gasteiger partial charge in [-0.2, -0.15) is 0 Å². The first-order chi connectivity index (χ1) is 11.0. The van der Waals surface area contributed by atoms with Crippen molar-refractivity contribution in [2.45, 2.75) is 19.3 Å².